The zero-order valence-electron chi connectivity index (χ0n) is 12.7. The molecule has 0 aromatic heterocycles. The number of rotatable bonds is 5. The van der Waals surface area contributed by atoms with E-state index >= 15 is 0 Å². The number of halogens is 1. The van der Waals surface area contributed by atoms with Gasteiger partial charge in [-0.3, -0.25) is 14.9 Å². The van der Waals surface area contributed by atoms with Crippen molar-refractivity contribution in [3.05, 3.63) is 34.4 Å². The molecule has 1 saturated heterocycles. The Kier molecular flexibility index (Phi) is 6.58. The Bertz CT molecular complexity index is 535. The van der Waals surface area contributed by atoms with E-state index in [0.717, 1.165) is 19.5 Å². The van der Waals surface area contributed by atoms with Crippen LogP contribution >= 0.6 is 12.4 Å². The van der Waals surface area contributed by atoms with E-state index < -0.39 is 4.92 Å². The van der Waals surface area contributed by atoms with Gasteiger partial charge >= 0.3 is 0 Å². The van der Waals surface area contributed by atoms with Crippen LogP contribution in [0.1, 0.15) is 6.42 Å². The van der Waals surface area contributed by atoms with Crippen LogP contribution in [0.4, 0.5) is 11.4 Å². The molecule has 1 heterocycles. The average Bonchev–Trinajstić information content (AvgIpc) is 3.00. The number of nitrogens with one attached hydrogen (secondary N) is 1. The van der Waals surface area contributed by atoms with Crippen LogP contribution in [0.5, 0.6) is 0 Å². The van der Waals surface area contributed by atoms with Crippen molar-refractivity contribution in [2.75, 3.05) is 38.6 Å². The van der Waals surface area contributed by atoms with Crippen LogP contribution < -0.4 is 10.2 Å². The zero-order chi connectivity index (χ0) is 15.4. The number of para-hydroxylation sites is 2. The van der Waals surface area contributed by atoms with Gasteiger partial charge in [-0.15, -0.1) is 12.4 Å². The van der Waals surface area contributed by atoms with Crippen molar-refractivity contribution in [3.63, 3.8) is 0 Å². The molecule has 0 aliphatic carbocycles. The Morgan fingerprint density at radius 1 is 1.41 bits per heavy atom. The summed E-state index contributed by atoms with van der Waals surface area (Å²) < 4.78 is 0. The fourth-order valence-corrected chi connectivity index (χ4v) is 2.51. The zero-order valence-corrected chi connectivity index (χ0v) is 13.5. The van der Waals surface area contributed by atoms with Gasteiger partial charge < -0.3 is 15.1 Å². The van der Waals surface area contributed by atoms with Crippen LogP contribution in [0.25, 0.3) is 0 Å². The second-order valence-corrected chi connectivity index (χ2v) is 5.25. The summed E-state index contributed by atoms with van der Waals surface area (Å²) in [4.78, 5) is 26.2. The summed E-state index contributed by atoms with van der Waals surface area (Å²) in [6.45, 7) is 1.84. The molecule has 1 fully saturated rings. The van der Waals surface area contributed by atoms with Crippen molar-refractivity contribution in [2.45, 2.75) is 12.5 Å². The molecule has 7 nitrogen and oxygen atoms in total. The third-order valence-corrected chi connectivity index (χ3v) is 3.84. The summed E-state index contributed by atoms with van der Waals surface area (Å²) >= 11 is 0. The summed E-state index contributed by atoms with van der Waals surface area (Å²) in [7, 11) is 3.48. The molecule has 0 saturated carbocycles. The minimum absolute atomic E-state index is 0. The molecule has 0 radical (unpaired) electrons. The molecule has 1 aromatic carbocycles. The highest BCUT2D eigenvalue weighted by molar-refractivity contribution is 5.85. The molecule has 22 heavy (non-hydrogen) atoms. The first-order valence-electron chi connectivity index (χ1n) is 6.91. The van der Waals surface area contributed by atoms with E-state index in [1.54, 1.807) is 42.1 Å². The average molecular weight is 329 g/mol. The molecule has 1 aliphatic heterocycles. The van der Waals surface area contributed by atoms with Gasteiger partial charge in [0.2, 0.25) is 5.91 Å². The molecular weight excluding hydrogens is 308 g/mol. The van der Waals surface area contributed by atoms with Crippen LogP contribution in [0.2, 0.25) is 0 Å². The van der Waals surface area contributed by atoms with Crippen molar-refractivity contribution in [1.82, 2.24) is 10.2 Å². The Balaban J connectivity index is 0.00000242. The number of anilines is 1. The molecule has 1 N–H and O–H groups in total. The standard InChI is InChI=1S/C14H20N4O3.ClH/c1-16(12-5-3-4-6-13(12)18(20)21)10-14(19)17(2)11-7-8-15-9-11;/h3-6,11,15H,7-10H2,1-2H3;1H. The predicted molar refractivity (Wildman–Crippen MR) is 87.7 cm³/mol. The molecule has 8 heteroatoms. The molecular formula is C14H21ClN4O3. The lowest BCUT2D eigenvalue weighted by Gasteiger charge is -2.27. The van der Waals surface area contributed by atoms with Gasteiger partial charge in [0.05, 0.1) is 11.5 Å². The van der Waals surface area contributed by atoms with E-state index in [2.05, 4.69) is 5.32 Å². The Labute approximate surface area is 135 Å². The minimum Gasteiger partial charge on any atom is -0.360 e. The number of nitro benzene ring substituents is 1. The third kappa shape index (κ3) is 4.08. The van der Waals surface area contributed by atoms with Gasteiger partial charge in [0, 0.05) is 32.7 Å². The molecule has 0 bridgehead atoms. The molecule has 2 rings (SSSR count). The number of carbonyl (C=O) groups excluding carboxylic acids is 1. The fourth-order valence-electron chi connectivity index (χ4n) is 2.51. The van der Waals surface area contributed by atoms with Gasteiger partial charge in [-0.1, -0.05) is 12.1 Å². The van der Waals surface area contributed by atoms with Crippen molar-refractivity contribution >= 4 is 29.7 Å². The van der Waals surface area contributed by atoms with Crippen LogP contribution in [-0.2, 0) is 4.79 Å². The number of likely N-dealkylation sites (N-methyl/N-ethyl adjacent to an activating group) is 2. The summed E-state index contributed by atoms with van der Waals surface area (Å²) in [6.07, 6.45) is 0.942. The van der Waals surface area contributed by atoms with Crippen LogP contribution in [0, 0.1) is 10.1 Å². The molecule has 1 amide bonds. The first-order chi connectivity index (χ1) is 10.0. The van der Waals surface area contributed by atoms with Crippen LogP contribution in [-0.4, -0.2) is 55.5 Å². The normalized spacial score (nSPS) is 16.7. The Hall–Kier alpha value is -1.86. The molecule has 1 aromatic rings. The summed E-state index contributed by atoms with van der Waals surface area (Å²) in [5.41, 5.74) is 0.465. The van der Waals surface area contributed by atoms with Crippen LogP contribution in [0.15, 0.2) is 24.3 Å². The van der Waals surface area contributed by atoms with Gasteiger partial charge in [0.1, 0.15) is 5.69 Å². The maximum atomic E-state index is 12.3. The number of hydrogen-bond donors (Lipinski definition) is 1. The Morgan fingerprint density at radius 3 is 2.68 bits per heavy atom. The Morgan fingerprint density at radius 2 is 2.09 bits per heavy atom. The van der Waals surface area contributed by atoms with Crippen molar-refractivity contribution in [2.24, 2.45) is 0 Å². The highest BCUT2D eigenvalue weighted by Crippen LogP contribution is 2.26. The second kappa shape index (κ2) is 7.95. The number of nitro groups is 1. The smallest absolute Gasteiger partial charge is 0.292 e. The number of hydrogen-bond acceptors (Lipinski definition) is 5. The van der Waals surface area contributed by atoms with Gasteiger partial charge in [-0.05, 0) is 19.0 Å². The van der Waals surface area contributed by atoms with E-state index in [4.69, 9.17) is 0 Å². The molecule has 1 atom stereocenters. The van der Waals surface area contributed by atoms with Crippen molar-refractivity contribution < 1.29 is 9.72 Å². The van der Waals surface area contributed by atoms with E-state index in [9.17, 15) is 14.9 Å². The first kappa shape index (κ1) is 18.2. The van der Waals surface area contributed by atoms with Gasteiger partial charge in [-0.25, -0.2) is 0 Å². The highest BCUT2D eigenvalue weighted by atomic mass is 35.5. The van der Waals surface area contributed by atoms with Crippen molar-refractivity contribution in [3.8, 4) is 0 Å². The molecule has 1 unspecified atom stereocenters. The number of nitrogens with zero attached hydrogens (tertiary/aromatic N) is 3. The number of amides is 1. The second-order valence-electron chi connectivity index (χ2n) is 5.25. The van der Waals surface area contributed by atoms with E-state index in [0.29, 0.717) is 5.69 Å². The quantitative estimate of drug-likeness (QED) is 0.650. The maximum absolute atomic E-state index is 12.3. The SMILES string of the molecule is CN(CC(=O)N(C)C1CCNC1)c1ccccc1[N+](=O)[O-].Cl. The maximum Gasteiger partial charge on any atom is 0.292 e. The molecule has 1 aliphatic rings. The van der Waals surface area contributed by atoms with Gasteiger partial charge in [0.25, 0.3) is 5.69 Å². The summed E-state index contributed by atoms with van der Waals surface area (Å²) in [5, 5.41) is 14.3. The van der Waals surface area contributed by atoms with Crippen LogP contribution in [0.3, 0.4) is 0 Å². The van der Waals surface area contributed by atoms with E-state index in [1.807, 2.05) is 0 Å². The number of carbonyl (C=O) groups is 1. The van der Waals surface area contributed by atoms with Gasteiger partial charge in [0.15, 0.2) is 0 Å². The third-order valence-electron chi connectivity index (χ3n) is 3.84. The van der Waals surface area contributed by atoms with E-state index in [1.165, 1.54) is 6.07 Å². The van der Waals surface area contributed by atoms with Gasteiger partial charge in [-0.2, -0.15) is 0 Å². The first-order valence-corrected chi connectivity index (χ1v) is 6.91. The largest absolute Gasteiger partial charge is 0.360 e. The predicted octanol–water partition coefficient (Wildman–Crippen LogP) is 1.27. The summed E-state index contributed by atoms with van der Waals surface area (Å²) in [6, 6.07) is 6.65. The molecule has 122 valence electrons. The van der Waals surface area contributed by atoms with Crippen molar-refractivity contribution in [1.29, 1.82) is 0 Å². The monoisotopic (exact) mass is 328 g/mol. The lowest BCUT2D eigenvalue weighted by Crippen LogP contribution is -2.43. The highest BCUT2D eigenvalue weighted by Gasteiger charge is 2.25. The lowest BCUT2D eigenvalue weighted by atomic mass is 10.2. The molecule has 0 spiro atoms. The van der Waals surface area contributed by atoms with E-state index in [-0.39, 0.29) is 36.6 Å². The summed E-state index contributed by atoms with van der Waals surface area (Å²) in [5.74, 6) is -0.0376. The topological polar surface area (TPSA) is 78.7 Å². The lowest BCUT2D eigenvalue weighted by molar-refractivity contribution is -0.384. The number of benzene rings is 1. The minimum atomic E-state index is -0.430. The fraction of sp³-hybridized carbons (Fsp3) is 0.500.